The van der Waals surface area contributed by atoms with Crippen molar-refractivity contribution in [3.05, 3.63) is 21.9 Å². The molecule has 1 aromatic rings. The number of nitrogens with zero attached hydrogens (tertiary/aromatic N) is 1. The molecule has 3 atom stereocenters. The number of hydrogen-bond donors (Lipinski definition) is 2. The summed E-state index contributed by atoms with van der Waals surface area (Å²) in [5, 5.41) is 14.9. The van der Waals surface area contributed by atoms with E-state index < -0.39 is 12.0 Å². The van der Waals surface area contributed by atoms with Crippen LogP contribution in [0.2, 0.25) is 0 Å². The molecular formula is C16H22N2O3S. The summed E-state index contributed by atoms with van der Waals surface area (Å²) in [5.41, 5.74) is 1.15. The number of piperidine rings is 1. The van der Waals surface area contributed by atoms with Gasteiger partial charge in [0.25, 0.3) is 0 Å². The van der Waals surface area contributed by atoms with Crippen LogP contribution >= 0.6 is 11.3 Å². The molecule has 1 saturated heterocycles. The van der Waals surface area contributed by atoms with Gasteiger partial charge in [0, 0.05) is 17.3 Å². The highest BCUT2D eigenvalue weighted by Gasteiger charge is 2.44. The van der Waals surface area contributed by atoms with Crippen LogP contribution in [-0.2, 0) is 16.0 Å². The molecule has 1 amide bonds. The van der Waals surface area contributed by atoms with Gasteiger partial charge in [0.2, 0.25) is 5.91 Å². The van der Waals surface area contributed by atoms with Crippen LogP contribution in [0.4, 0.5) is 0 Å². The van der Waals surface area contributed by atoms with E-state index in [0.29, 0.717) is 12.8 Å². The van der Waals surface area contributed by atoms with Crippen molar-refractivity contribution in [3.63, 3.8) is 0 Å². The molecule has 0 saturated carbocycles. The van der Waals surface area contributed by atoms with Crippen LogP contribution < -0.4 is 5.32 Å². The molecule has 2 aliphatic heterocycles. The highest BCUT2D eigenvalue weighted by Crippen LogP contribution is 2.41. The second kappa shape index (κ2) is 6.01. The first-order valence-corrected chi connectivity index (χ1v) is 8.74. The van der Waals surface area contributed by atoms with Crippen molar-refractivity contribution in [2.75, 3.05) is 0 Å². The Morgan fingerprint density at radius 3 is 2.91 bits per heavy atom. The summed E-state index contributed by atoms with van der Waals surface area (Å²) in [4.78, 5) is 27.5. The Morgan fingerprint density at radius 2 is 2.23 bits per heavy atom. The molecule has 0 spiro atoms. The highest BCUT2D eigenvalue weighted by atomic mass is 32.1. The van der Waals surface area contributed by atoms with E-state index in [1.807, 2.05) is 13.8 Å². The predicted molar refractivity (Wildman–Crippen MR) is 84.9 cm³/mol. The summed E-state index contributed by atoms with van der Waals surface area (Å²) in [6.07, 6.45) is 2.91. The second-order valence-electron chi connectivity index (χ2n) is 6.42. The molecule has 120 valence electrons. The number of thiophene rings is 1. The number of fused-ring (bicyclic) bond motifs is 3. The van der Waals surface area contributed by atoms with Crippen molar-refractivity contribution in [2.45, 2.75) is 63.7 Å². The van der Waals surface area contributed by atoms with Gasteiger partial charge >= 0.3 is 5.97 Å². The molecule has 0 aromatic carbocycles. The molecule has 2 N–H and O–H groups in total. The number of hydrogen-bond acceptors (Lipinski definition) is 4. The number of carboxylic acid groups (broad SMARTS) is 1. The van der Waals surface area contributed by atoms with Crippen molar-refractivity contribution in [1.82, 2.24) is 10.2 Å². The Labute approximate surface area is 134 Å². The van der Waals surface area contributed by atoms with Gasteiger partial charge in [0.1, 0.15) is 6.04 Å². The van der Waals surface area contributed by atoms with Crippen molar-refractivity contribution in [2.24, 2.45) is 0 Å². The zero-order chi connectivity index (χ0) is 15.9. The van der Waals surface area contributed by atoms with Gasteiger partial charge in [-0.25, -0.2) is 4.79 Å². The van der Waals surface area contributed by atoms with Gasteiger partial charge in [-0.15, -0.1) is 11.3 Å². The van der Waals surface area contributed by atoms with Crippen molar-refractivity contribution >= 4 is 23.2 Å². The summed E-state index contributed by atoms with van der Waals surface area (Å²) in [7, 11) is 0. The van der Waals surface area contributed by atoms with Crippen LogP contribution in [0, 0.1) is 0 Å². The fraction of sp³-hybridized carbons (Fsp3) is 0.625. The molecule has 1 aromatic heterocycles. The smallest absolute Gasteiger partial charge is 0.326 e. The fourth-order valence-corrected chi connectivity index (χ4v) is 4.64. The predicted octanol–water partition coefficient (Wildman–Crippen LogP) is 2.18. The lowest BCUT2D eigenvalue weighted by Gasteiger charge is -2.40. The van der Waals surface area contributed by atoms with Crippen molar-refractivity contribution < 1.29 is 14.7 Å². The summed E-state index contributed by atoms with van der Waals surface area (Å²) in [6.45, 7) is 4.02. The minimum Gasteiger partial charge on any atom is -0.480 e. The Hall–Kier alpha value is -1.40. The minimum atomic E-state index is -0.889. The molecule has 5 nitrogen and oxygen atoms in total. The zero-order valence-corrected chi connectivity index (χ0v) is 13.7. The summed E-state index contributed by atoms with van der Waals surface area (Å²) in [6, 6.07) is 1.13. The molecule has 6 heteroatoms. The van der Waals surface area contributed by atoms with E-state index in [9.17, 15) is 14.7 Å². The quantitative estimate of drug-likeness (QED) is 0.895. The van der Waals surface area contributed by atoms with Crippen LogP contribution in [0.15, 0.2) is 11.4 Å². The van der Waals surface area contributed by atoms with Crippen molar-refractivity contribution in [3.8, 4) is 0 Å². The molecular weight excluding hydrogens is 300 g/mol. The number of nitrogens with one attached hydrogen (secondary N) is 1. The highest BCUT2D eigenvalue weighted by molar-refractivity contribution is 7.10. The van der Waals surface area contributed by atoms with E-state index in [1.165, 1.54) is 4.88 Å². The molecule has 3 rings (SSSR count). The first-order valence-electron chi connectivity index (χ1n) is 7.86. The van der Waals surface area contributed by atoms with Gasteiger partial charge in [-0.3, -0.25) is 4.79 Å². The lowest BCUT2D eigenvalue weighted by Crippen LogP contribution is -2.55. The Bertz CT molecular complexity index is 584. The van der Waals surface area contributed by atoms with Gasteiger partial charge in [0.15, 0.2) is 0 Å². The first-order chi connectivity index (χ1) is 10.5. The minimum absolute atomic E-state index is 0.0609. The Morgan fingerprint density at radius 1 is 1.45 bits per heavy atom. The standard InChI is InChI=1S/C16H22N2O3S/c1-9(2)17-11-8-14-10(6-7-22-14)12-4-3-5-13(16(20)21)18(12)15(11)19/h6-7,9,11-13,17H,3-5,8H2,1-2H3,(H,20,21)/t11-,12+,13-/m0/s1. The Kier molecular flexibility index (Phi) is 4.23. The van der Waals surface area contributed by atoms with Gasteiger partial charge in [-0.1, -0.05) is 13.8 Å². The lowest BCUT2D eigenvalue weighted by atomic mass is 9.91. The summed E-state index contributed by atoms with van der Waals surface area (Å²) in [5.74, 6) is -0.950. The molecule has 3 heterocycles. The van der Waals surface area contributed by atoms with E-state index in [4.69, 9.17) is 0 Å². The second-order valence-corrected chi connectivity index (χ2v) is 7.42. The molecule has 0 bridgehead atoms. The van der Waals surface area contributed by atoms with Crippen LogP contribution in [-0.4, -0.2) is 40.0 Å². The van der Waals surface area contributed by atoms with E-state index in [2.05, 4.69) is 16.8 Å². The van der Waals surface area contributed by atoms with E-state index in [-0.39, 0.29) is 24.0 Å². The Balaban J connectivity index is 2.02. The third-order valence-electron chi connectivity index (χ3n) is 4.53. The van der Waals surface area contributed by atoms with Gasteiger partial charge in [0.05, 0.1) is 12.1 Å². The van der Waals surface area contributed by atoms with Crippen LogP contribution in [0.1, 0.15) is 49.6 Å². The lowest BCUT2D eigenvalue weighted by molar-refractivity contribution is -0.156. The maximum atomic E-state index is 13.0. The molecule has 2 aliphatic rings. The van der Waals surface area contributed by atoms with Crippen molar-refractivity contribution in [1.29, 1.82) is 0 Å². The average molecular weight is 322 g/mol. The number of amides is 1. The van der Waals surface area contributed by atoms with Gasteiger partial charge < -0.3 is 15.3 Å². The molecule has 1 fully saturated rings. The monoisotopic (exact) mass is 322 g/mol. The maximum absolute atomic E-state index is 13.0. The normalized spacial score (nSPS) is 28.2. The number of carboxylic acids is 1. The largest absolute Gasteiger partial charge is 0.480 e. The zero-order valence-electron chi connectivity index (χ0n) is 12.9. The van der Waals surface area contributed by atoms with E-state index in [0.717, 1.165) is 18.4 Å². The van der Waals surface area contributed by atoms with E-state index >= 15 is 0 Å². The third kappa shape index (κ3) is 2.65. The molecule has 22 heavy (non-hydrogen) atoms. The number of carbonyl (C=O) groups excluding carboxylic acids is 1. The van der Waals surface area contributed by atoms with Gasteiger partial charge in [-0.05, 0) is 36.3 Å². The third-order valence-corrected chi connectivity index (χ3v) is 5.49. The summed E-state index contributed by atoms with van der Waals surface area (Å²) < 4.78 is 0. The molecule has 0 aliphatic carbocycles. The van der Waals surface area contributed by atoms with Crippen LogP contribution in [0.3, 0.4) is 0 Å². The summed E-state index contributed by atoms with van der Waals surface area (Å²) >= 11 is 1.67. The number of rotatable bonds is 3. The molecule has 0 radical (unpaired) electrons. The average Bonchev–Trinajstić information content (AvgIpc) is 2.88. The van der Waals surface area contributed by atoms with E-state index in [1.54, 1.807) is 16.2 Å². The first kappa shape index (κ1) is 15.5. The van der Waals surface area contributed by atoms with Crippen LogP contribution in [0.5, 0.6) is 0 Å². The van der Waals surface area contributed by atoms with Gasteiger partial charge in [-0.2, -0.15) is 0 Å². The fourth-order valence-electron chi connectivity index (χ4n) is 3.65. The van der Waals surface area contributed by atoms with Crippen LogP contribution in [0.25, 0.3) is 0 Å². The SMILES string of the molecule is CC(C)N[C@H]1Cc2sccc2[C@H]2CCC[C@@H](C(=O)O)N2C1=O. The maximum Gasteiger partial charge on any atom is 0.326 e. The number of aliphatic carboxylic acids is 1. The number of carbonyl (C=O) groups is 2. The topological polar surface area (TPSA) is 69.6 Å². The molecule has 0 unspecified atom stereocenters.